The molecule has 1 heterocycles. The van der Waals surface area contributed by atoms with E-state index in [1.54, 1.807) is 42.9 Å². The minimum Gasteiger partial charge on any atom is -0.497 e. The van der Waals surface area contributed by atoms with E-state index in [1.807, 2.05) is 12.1 Å². The van der Waals surface area contributed by atoms with Crippen LogP contribution in [0.4, 0.5) is 0 Å². The summed E-state index contributed by atoms with van der Waals surface area (Å²) in [5, 5.41) is 0. The van der Waals surface area contributed by atoms with Crippen molar-refractivity contribution in [3.63, 3.8) is 0 Å². The van der Waals surface area contributed by atoms with Crippen LogP contribution in [0.15, 0.2) is 47.5 Å². The Balaban J connectivity index is 2.07. The van der Waals surface area contributed by atoms with Crippen molar-refractivity contribution in [3.05, 3.63) is 58.4 Å². The predicted octanol–water partition coefficient (Wildman–Crippen LogP) is 3.58. The summed E-state index contributed by atoms with van der Waals surface area (Å²) in [6.45, 7) is 4.16. The van der Waals surface area contributed by atoms with E-state index < -0.39 is 0 Å². The number of nitrogens with zero attached hydrogens (tertiary/aromatic N) is 2. The number of thiazole rings is 1. The number of methoxy groups -OCH3 is 1. The highest BCUT2D eigenvalue weighted by molar-refractivity contribution is 7.16. The molecule has 0 fully saturated rings. The zero-order valence-corrected chi connectivity index (χ0v) is 16.9. The molecular weight excluding hydrogens is 376 g/mol. The lowest BCUT2D eigenvalue weighted by atomic mass is 10.2. The van der Waals surface area contributed by atoms with Crippen molar-refractivity contribution < 1.29 is 19.1 Å². The van der Waals surface area contributed by atoms with Gasteiger partial charge >= 0.3 is 5.97 Å². The molecule has 0 bridgehead atoms. The van der Waals surface area contributed by atoms with Gasteiger partial charge in [0.25, 0.3) is 5.91 Å². The molecule has 0 aliphatic rings. The van der Waals surface area contributed by atoms with Gasteiger partial charge in [0.1, 0.15) is 12.3 Å². The first kappa shape index (κ1) is 19.8. The van der Waals surface area contributed by atoms with Gasteiger partial charge in [0, 0.05) is 5.56 Å². The number of aromatic nitrogens is 1. The molecule has 7 heteroatoms. The fraction of sp³-hybridized carbons (Fsp3) is 0.286. The van der Waals surface area contributed by atoms with Crippen LogP contribution in [0.25, 0.3) is 10.2 Å². The molecular formula is C21H22N2O4S. The number of hydrogen-bond donors (Lipinski definition) is 0. The Hall–Kier alpha value is -2.93. The molecule has 0 spiro atoms. The lowest BCUT2D eigenvalue weighted by molar-refractivity contribution is -0.143. The number of carbonyl (C=O) groups excluding carboxylic acids is 2. The molecule has 0 saturated heterocycles. The standard InChI is InChI=1S/C21H22N2O4S/c1-4-14-6-11-17-18(12-14)28-21(23(17)13-19(24)27-5-2)22-20(25)15-7-9-16(26-3)10-8-15/h6-12H,4-5,13H2,1-3H3. The van der Waals surface area contributed by atoms with Gasteiger partial charge in [-0.2, -0.15) is 4.99 Å². The van der Waals surface area contributed by atoms with Gasteiger partial charge in [-0.1, -0.05) is 24.3 Å². The van der Waals surface area contributed by atoms with Crippen molar-refractivity contribution in [2.45, 2.75) is 26.8 Å². The number of aryl methyl sites for hydroxylation is 1. The summed E-state index contributed by atoms with van der Waals surface area (Å²) in [5.41, 5.74) is 2.50. The summed E-state index contributed by atoms with van der Waals surface area (Å²) < 4.78 is 12.9. The lowest BCUT2D eigenvalue weighted by Crippen LogP contribution is -2.23. The molecule has 1 aromatic heterocycles. The molecule has 0 unspecified atom stereocenters. The van der Waals surface area contributed by atoms with E-state index >= 15 is 0 Å². The average molecular weight is 398 g/mol. The van der Waals surface area contributed by atoms with Gasteiger partial charge < -0.3 is 14.0 Å². The number of rotatable bonds is 6. The van der Waals surface area contributed by atoms with E-state index in [0.29, 0.717) is 22.7 Å². The van der Waals surface area contributed by atoms with Crippen molar-refractivity contribution in [3.8, 4) is 5.75 Å². The minimum atomic E-state index is -0.373. The molecule has 28 heavy (non-hydrogen) atoms. The van der Waals surface area contributed by atoms with Crippen LogP contribution in [0.1, 0.15) is 29.8 Å². The largest absolute Gasteiger partial charge is 0.497 e. The van der Waals surface area contributed by atoms with E-state index in [4.69, 9.17) is 9.47 Å². The zero-order valence-electron chi connectivity index (χ0n) is 16.1. The Morgan fingerprint density at radius 2 is 1.86 bits per heavy atom. The average Bonchev–Trinajstić information content (AvgIpc) is 3.04. The molecule has 1 amide bonds. The summed E-state index contributed by atoms with van der Waals surface area (Å²) in [4.78, 5) is 29.5. The monoisotopic (exact) mass is 398 g/mol. The normalized spacial score (nSPS) is 11.6. The molecule has 6 nitrogen and oxygen atoms in total. The number of benzene rings is 2. The van der Waals surface area contributed by atoms with Gasteiger partial charge in [-0.15, -0.1) is 0 Å². The fourth-order valence-corrected chi connectivity index (χ4v) is 3.89. The number of hydrogen-bond acceptors (Lipinski definition) is 5. The zero-order chi connectivity index (χ0) is 20.1. The van der Waals surface area contributed by atoms with Gasteiger partial charge in [-0.3, -0.25) is 9.59 Å². The van der Waals surface area contributed by atoms with Crippen LogP contribution in [0.2, 0.25) is 0 Å². The molecule has 0 radical (unpaired) electrons. The van der Waals surface area contributed by atoms with E-state index in [9.17, 15) is 9.59 Å². The summed E-state index contributed by atoms with van der Waals surface area (Å²) in [5.74, 6) is -0.0643. The highest BCUT2D eigenvalue weighted by Gasteiger charge is 2.13. The minimum absolute atomic E-state index is 0.00797. The van der Waals surface area contributed by atoms with E-state index in [-0.39, 0.29) is 18.4 Å². The molecule has 0 aliphatic carbocycles. The first-order chi connectivity index (χ1) is 13.5. The highest BCUT2D eigenvalue weighted by atomic mass is 32.1. The van der Waals surface area contributed by atoms with Gasteiger partial charge in [-0.05, 0) is 55.3 Å². The third kappa shape index (κ3) is 4.31. The van der Waals surface area contributed by atoms with Crippen LogP contribution in [0.5, 0.6) is 5.75 Å². The van der Waals surface area contributed by atoms with Crippen molar-refractivity contribution in [2.75, 3.05) is 13.7 Å². The van der Waals surface area contributed by atoms with Gasteiger partial charge in [0.15, 0.2) is 4.80 Å². The molecule has 2 aromatic carbocycles. The van der Waals surface area contributed by atoms with Crippen LogP contribution in [0, 0.1) is 0 Å². The van der Waals surface area contributed by atoms with E-state index in [0.717, 1.165) is 16.6 Å². The van der Waals surface area contributed by atoms with Crippen LogP contribution < -0.4 is 9.54 Å². The molecule has 146 valence electrons. The van der Waals surface area contributed by atoms with Crippen LogP contribution in [0.3, 0.4) is 0 Å². The van der Waals surface area contributed by atoms with Crippen LogP contribution in [-0.2, 0) is 22.5 Å². The predicted molar refractivity (Wildman–Crippen MR) is 109 cm³/mol. The second-order valence-electron chi connectivity index (χ2n) is 6.08. The summed E-state index contributed by atoms with van der Waals surface area (Å²) in [7, 11) is 1.57. The van der Waals surface area contributed by atoms with Crippen molar-refractivity contribution in [1.29, 1.82) is 0 Å². The van der Waals surface area contributed by atoms with Gasteiger partial charge in [0.05, 0.1) is 23.9 Å². The Bertz CT molecular complexity index is 1060. The van der Waals surface area contributed by atoms with E-state index in [1.165, 1.54) is 16.9 Å². The third-order valence-corrected chi connectivity index (χ3v) is 5.32. The first-order valence-electron chi connectivity index (χ1n) is 9.06. The summed E-state index contributed by atoms with van der Waals surface area (Å²) >= 11 is 1.39. The fourth-order valence-electron chi connectivity index (χ4n) is 2.80. The Morgan fingerprint density at radius 3 is 2.50 bits per heavy atom. The highest BCUT2D eigenvalue weighted by Crippen LogP contribution is 2.20. The SMILES string of the molecule is CCOC(=O)Cn1c(=NC(=O)c2ccc(OC)cc2)sc2cc(CC)ccc21. The smallest absolute Gasteiger partial charge is 0.326 e. The summed E-state index contributed by atoms with van der Waals surface area (Å²) in [6, 6.07) is 12.8. The number of esters is 1. The number of ether oxygens (including phenoxy) is 2. The Morgan fingerprint density at radius 1 is 1.11 bits per heavy atom. The van der Waals surface area contributed by atoms with Gasteiger partial charge in [0.2, 0.25) is 0 Å². The van der Waals surface area contributed by atoms with E-state index in [2.05, 4.69) is 18.0 Å². The number of carbonyl (C=O) groups is 2. The maximum atomic E-state index is 12.6. The molecule has 0 aliphatic heterocycles. The van der Waals surface area contributed by atoms with Gasteiger partial charge in [-0.25, -0.2) is 0 Å². The molecule has 0 atom stereocenters. The number of fused-ring (bicyclic) bond motifs is 1. The Kier molecular flexibility index (Phi) is 6.26. The second-order valence-corrected chi connectivity index (χ2v) is 7.09. The third-order valence-electron chi connectivity index (χ3n) is 4.28. The van der Waals surface area contributed by atoms with Crippen LogP contribution in [-0.4, -0.2) is 30.2 Å². The molecule has 0 N–H and O–H groups in total. The molecule has 0 saturated carbocycles. The molecule has 3 rings (SSSR count). The van der Waals surface area contributed by atoms with Crippen LogP contribution >= 0.6 is 11.3 Å². The first-order valence-corrected chi connectivity index (χ1v) is 9.88. The van der Waals surface area contributed by atoms with Crippen molar-refractivity contribution in [1.82, 2.24) is 4.57 Å². The number of amides is 1. The maximum Gasteiger partial charge on any atom is 0.326 e. The quantitative estimate of drug-likeness (QED) is 0.595. The van der Waals surface area contributed by atoms with Crippen molar-refractivity contribution in [2.24, 2.45) is 4.99 Å². The summed E-state index contributed by atoms with van der Waals surface area (Å²) in [6.07, 6.45) is 0.906. The molecule has 3 aromatic rings. The Labute approximate surface area is 167 Å². The maximum absolute atomic E-state index is 12.6. The topological polar surface area (TPSA) is 69.9 Å². The second kappa shape index (κ2) is 8.84. The van der Waals surface area contributed by atoms with Crippen molar-refractivity contribution >= 4 is 33.4 Å². The lowest BCUT2D eigenvalue weighted by Gasteiger charge is -2.05.